The molecule has 0 bridgehead atoms. The standard InChI is InChI=1S/C15H19ClN4/c1-3-9-17-14-10-15(20-13(4-2)19-14)18-12-7-5-11(16)6-8-12/h5-8,10H,3-4,9H2,1-2H3,(H2,17,18,19,20). The molecule has 0 aliphatic heterocycles. The van der Waals surface area contributed by atoms with Crippen molar-refractivity contribution in [2.24, 2.45) is 0 Å². The maximum Gasteiger partial charge on any atom is 0.136 e. The molecule has 1 heterocycles. The van der Waals surface area contributed by atoms with Gasteiger partial charge in [0.15, 0.2) is 0 Å². The number of anilines is 3. The summed E-state index contributed by atoms with van der Waals surface area (Å²) in [5.74, 6) is 2.47. The maximum absolute atomic E-state index is 5.88. The van der Waals surface area contributed by atoms with E-state index in [4.69, 9.17) is 11.6 Å². The molecule has 4 nitrogen and oxygen atoms in total. The molecule has 2 rings (SSSR count). The van der Waals surface area contributed by atoms with Crippen LogP contribution in [0, 0.1) is 0 Å². The molecule has 0 aliphatic rings. The van der Waals surface area contributed by atoms with Gasteiger partial charge in [-0.15, -0.1) is 0 Å². The molecule has 0 aliphatic carbocycles. The van der Waals surface area contributed by atoms with Crippen molar-refractivity contribution in [3.05, 3.63) is 41.2 Å². The van der Waals surface area contributed by atoms with Gasteiger partial charge in [0.05, 0.1) is 0 Å². The number of aryl methyl sites for hydroxylation is 1. The van der Waals surface area contributed by atoms with Crippen LogP contribution in [0.3, 0.4) is 0 Å². The van der Waals surface area contributed by atoms with Crippen LogP contribution in [0.4, 0.5) is 17.3 Å². The van der Waals surface area contributed by atoms with E-state index in [-0.39, 0.29) is 0 Å². The summed E-state index contributed by atoms with van der Waals surface area (Å²) in [6.07, 6.45) is 1.86. The summed E-state index contributed by atoms with van der Waals surface area (Å²) in [6, 6.07) is 9.47. The fraction of sp³-hybridized carbons (Fsp3) is 0.333. The Labute approximate surface area is 124 Å². The van der Waals surface area contributed by atoms with Crippen LogP contribution in [0.2, 0.25) is 5.02 Å². The minimum atomic E-state index is 0.720. The van der Waals surface area contributed by atoms with Crippen molar-refractivity contribution in [1.29, 1.82) is 0 Å². The molecule has 0 radical (unpaired) electrons. The van der Waals surface area contributed by atoms with Crippen LogP contribution in [0.1, 0.15) is 26.1 Å². The lowest BCUT2D eigenvalue weighted by molar-refractivity contribution is 0.919. The summed E-state index contributed by atoms with van der Waals surface area (Å²) in [4.78, 5) is 8.94. The van der Waals surface area contributed by atoms with Crippen molar-refractivity contribution in [1.82, 2.24) is 9.97 Å². The van der Waals surface area contributed by atoms with Crippen molar-refractivity contribution >= 4 is 28.9 Å². The number of hydrogen-bond donors (Lipinski definition) is 2. The van der Waals surface area contributed by atoms with Gasteiger partial charge in [0.2, 0.25) is 0 Å². The molecule has 2 N–H and O–H groups in total. The molecule has 0 amide bonds. The topological polar surface area (TPSA) is 49.8 Å². The average Bonchev–Trinajstić information content (AvgIpc) is 2.47. The molecule has 1 aromatic carbocycles. The lowest BCUT2D eigenvalue weighted by Crippen LogP contribution is -2.06. The predicted molar refractivity (Wildman–Crippen MR) is 84.9 cm³/mol. The number of aromatic nitrogens is 2. The molecule has 1 aromatic heterocycles. The number of halogens is 1. The highest BCUT2D eigenvalue weighted by Gasteiger charge is 2.03. The van der Waals surface area contributed by atoms with Gasteiger partial charge < -0.3 is 10.6 Å². The second-order valence-electron chi connectivity index (χ2n) is 4.47. The van der Waals surface area contributed by atoms with Crippen LogP contribution in [-0.4, -0.2) is 16.5 Å². The second kappa shape index (κ2) is 7.10. The van der Waals surface area contributed by atoms with Crippen LogP contribution in [-0.2, 0) is 6.42 Å². The summed E-state index contributed by atoms with van der Waals surface area (Å²) in [7, 11) is 0. The first kappa shape index (κ1) is 14.6. The van der Waals surface area contributed by atoms with E-state index in [1.165, 1.54) is 0 Å². The van der Waals surface area contributed by atoms with Crippen molar-refractivity contribution < 1.29 is 0 Å². The van der Waals surface area contributed by atoms with Gasteiger partial charge in [0.25, 0.3) is 0 Å². The Morgan fingerprint density at radius 3 is 2.40 bits per heavy atom. The Morgan fingerprint density at radius 2 is 1.75 bits per heavy atom. The van der Waals surface area contributed by atoms with Crippen molar-refractivity contribution in [3.63, 3.8) is 0 Å². The molecule has 20 heavy (non-hydrogen) atoms. The first-order chi connectivity index (χ1) is 9.71. The largest absolute Gasteiger partial charge is 0.370 e. The average molecular weight is 291 g/mol. The zero-order valence-electron chi connectivity index (χ0n) is 11.8. The Morgan fingerprint density at radius 1 is 1.05 bits per heavy atom. The molecule has 0 saturated carbocycles. The van der Waals surface area contributed by atoms with Crippen LogP contribution in [0.15, 0.2) is 30.3 Å². The molecular weight excluding hydrogens is 272 g/mol. The van der Waals surface area contributed by atoms with Crippen molar-refractivity contribution in [3.8, 4) is 0 Å². The maximum atomic E-state index is 5.88. The third kappa shape index (κ3) is 4.10. The van der Waals surface area contributed by atoms with E-state index in [1.807, 2.05) is 37.3 Å². The molecule has 5 heteroatoms. The lowest BCUT2D eigenvalue weighted by atomic mass is 10.3. The molecule has 0 saturated heterocycles. The lowest BCUT2D eigenvalue weighted by Gasteiger charge is -2.10. The number of benzene rings is 1. The van der Waals surface area contributed by atoms with Gasteiger partial charge in [-0.3, -0.25) is 0 Å². The predicted octanol–water partition coefficient (Wildman–Crippen LogP) is 4.26. The fourth-order valence-corrected chi connectivity index (χ4v) is 1.87. The van der Waals surface area contributed by atoms with Crippen LogP contribution in [0.25, 0.3) is 0 Å². The number of nitrogens with one attached hydrogen (secondary N) is 2. The van der Waals surface area contributed by atoms with E-state index in [2.05, 4.69) is 27.5 Å². The summed E-state index contributed by atoms with van der Waals surface area (Å²) < 4.78 is 0. The van der Waals surface area contributed by atoms with E-state index in [0.29, 0.717) is 0 Å². The van der Waals surface area contributed by atoms with Crippen LogP contribution in [0.5, 0.6) is 0 Å². The summed E-state index contributed by atoms with van der Waals surface area (Å²) >= 11 is 5.88. The van der Waals surface area contributed by atoms with Crippen molar-refractivity contribution in [2.75, 3.05) is 17.2 Å². The number of nitrogens with zero attached hydrogens (tertiary/aromatic N) is 2. The molecule has 2 aromatic rings. The summed E-state index contributed by atoms with van der Waals surface area (Å²) in [5, 5.41) is 7.29. The van der Waals surface area contributed by atoms with Gasteiger partial charge in [0.1, 0.15) is 17.5 Å². The van der Waals surface area contributed by atoms with E-state index in [9.17, 15) is 0 Å². The molecular formula is C15H19ClN4. The Hall–Kier alpha value is -1.81. The number of hydrogen-bond acceptors (Lipinski definition) is 4. The third-order valence-electron chi connectivity index (χ3n) is 2.76. The Bertz CT molecular complexity index is 554. The van der Waals surface area contributed by atoms with Gasteiger partial charge in [-0.1, -0.05) is 25.4 Å². The van der Waals surface area contributed by atoms with E-state index in [0.717, 1.165) is 47.6 Å². The van der Waals surface area contributed by atoms with Gasteiger partial charge in [-0.05, 0) is 30.7 Å². The summed E-state index contributed by atoms with van der Waals surface area (Å²) in [6.45, 7) is 5.08. The fourth-order valence-electron chi connectivity index (χ4n) is 1.74. The van der Waals surface area contributed by atoms with Gasteiger partial charge in [0, 0.05) is 29.7 Å². The molecule has 0 spiro atoms. The third-order valence-corrected chi connectivity index (χ3v) is 3.01. The minimum absolute atomic E-state index is 0.720. The zero-order valence-corrected chi connectivity index (χ0v) is 12.5. The summed E-state index contributed by atoms with van der Waals surface area (Å²) in [5.41, 5.74) is 0.955. The normalized spacial score (nSPS) is 10.3. The Kier molecular flexibility index (Phi) is 5.18. The van der Waals surface area contributed by atoms with Crippen LogP contribution >= 0.6 is 11.6 Å². The smallest absolute Gasteiger partial charge is 0.136 e. The SMILES string of the molecule is CCCNc1cc(Nc2ccc(Cl)cc2)nc(CC)n1. The highest BCUT2D eigenvalue weighted by Crippen LogP contribution is 2.19. The van der Waals surface area contributed by atoms with Gasteiger partial charge >= 0.3 is 0 Å². The molecule has 0 fully saturated rings. The molecule has 0 unspecified atom stereocenters. The van der Waals surface area contributed by atoms with Crippen molar-refractivity contribution in [2.45, 2.75) is 26.7 Å². The molecule has 106 valence electrons. The first-order valence-electron chi connectivity index (χ1n) is 6.85. The minimum Gasteiger partial charge on any atom is -0.370 e. The highest BCUT2D eigenvalue weighted by atomic mass is 35.5. The quantitative estimate of drug-likeness (QED) is 0.835. The van der Waals surface area contributed by atoms with E-state index >= 15 is 0 Å². The molecule has 0 atom stereocenters. The monoisotopic (exact) mass is 290 g/mol. The van der Waals surface area contributed by atoms with Crippen LogP contribution < -0.4 is 10.6 Å². The highest BCUT2D eigenvalue weighted by molar-refractivity contribution is 6.30. The van der Waals surface area contributed by atoms with E-state index in [1.54, 1.807) is 0 Å². The zero-order chi connectivity index (χ0) is 14.4. The van der Waals surface area contributed by atoms with Gasteiger partial charge in [-0.25, -0.2) is 9.97 Å². The Balaban J connectivity index is 2.19. The second-order valence-corrected chi connectivity index (χ2v) is 4.90. The first-order valence-corrected chi connectivity index (χ1v) is 7.23. The van der Waals surface area contributed by atoms with E-state index < -0.39 is 0 Å². The number of rotatable bonds is 6. The van der Waals surface area contributed by atoms with Gasteiger partial charge in [-0.2, -0.15) is 0 Å².